The summed E-state index contributed by atoms with van der Waals surface area (Å²) in [5.41, 5.74) is 0. The molecule has 0 spiro atoms. The van der Waals surface area contributed by atoms with E-state index in [0.717, 1.165) is 38.3 Å². The molecule has 0 saturated carbocycles. The Morgan fingerprint density at radius 3 is 2.93 bits per heavy atom. The van der Waals surface area contributed by atoms with Gasteiger partial charge in [0.1, 0.15) is 0 Å². The van der Waals surface area contributed by atoms with Gasteiger partial charge in [0.05, 0.1) is 13.2 Å². The van der Waals surface area contributed by atoms with E-state index in [1.807, 2.05) is 0 Å². The van der Waals surface area contributed by atoms with E-state index in [1.54, 1.807) is 0 Å². The fourth-order valence-electron chi connectivity index (χ4n) is 2.70. The first-order valence-corrected chi connectivity index (χ1v) is 5.87. The molecule has 3 nitrogen and oxygen atoms in total. The van der Waals surface area contributed by atoms with Crippen LogP contribution >= 0.6 is 0 Å². The van der Waals surface area contributed by atoms with Gasteiger partial charge in [-0.1, -0.05) is 13.8 Å². The number of hydrogen-bond donors (Lipinski definition) is 1. The molecule has 82 valence electrons. The van der Waals surface area contributed by atoms with E-state index in [2.05, 4.69) is 24.1 Å². The number of nitrogens with one attached hydrogen (secondary N) is 1. The molecule has 0 amide bonds. The average Bonchev–Trinajstić information content (AvgIpc) is 2.64. The van der Waals surface area contributed by atoms with Crippen LogP contribution in [0.25, 0.3) is 0 Å². The van der Waals surface area contributed by atoms with E-state index < -0.39 is 0 Å². The highest BCUT2D eigenvalue weighted by molar-refractivity contribution is 4.90. The fraction of sp³-hybridized carbons (Fsp3) is 1.00. The monoisotopic (exact) mass is 198 g/mol. The van der Waals surface area contributed by atoms with Crippen molar-refractivity contribution in [1.82, 2.24) is 10.2 Å². The van der Waals surface area contributed by atoms with Crippen LogP contribution in [0.3, 0.4) is 0 Å². The average molecular weight is 198 g/mol. The first-order chi connectivity index (χ1) is 6.83. The molecule has 1 N–H and O–H groups in total. The van der Waals surface area contributed by atoms with E-state index >= 15 is 0 Å². The highest BCUT2D eigenvalue weighted by Gasteiger charge is 2.34. The Morgan fingerprint density at radius 2 is 2.29 bits per heavy atom. The van der Waals surface area contributed by atoms with Crippen LogP contribution in [0.5, 0.6) is 0 Å². The van der Waals surface area contributed by atoms with E-state index in [1.165, 1.54) is 13.0 Å². The smallest absolute Gasteiger partial charge is 0.0622 e. The minimum atomic E-state index is 0.649. The summed E-state index contributed by atoms with van der Waals surface area (Å²) in [6.07, 6.45) is 1.21. The molecule has 14 heavy (non-hydrogen) atoms. The lowest BCUT2D eigenvalue weighted by Gasteiger charge is -2.40. The molecule has 2 heterocycles. The van der Waals surface area contributed by atoms with Crippen molar-refractivity contribution in [1.29, 1.82) is 0 Å². The first-order valence-electron chi connectivity index (χ1n) is 5.87. The summed E-state index contributed by atoms with van der Waals surface area (Å²) in [6.45, 7) is 9.93. The quantitative estimate of drug-likeness (QED) is 0.707. The molecule has 0 aromatic carbocycles. The Hall–Kier alpha value is -0.120. The van der Waals surface area contributed by atoms with Gasteiger partial charge in [0, 0.05) is 25.2 Å². The second-order valence-corrected chi connectivity index (χ2v) is 4.58. The van der Waals surface area contributed by atoms with Gasteiger partial charge in [-0.2, -0.15) is 0 Å². The number of rotatable bonds is 2. The SMILES string of the molecule is CCC1COCCN1C1CNCC1C. The predicted molar refractivity (Wildman–Crippen MR) is 57.4 cm³/mol. The molecule has 2 aliphatic rings. The highest BCUT2D eigenvalue weighted by Crippen LogP contribution is 2.21. The van der Waals surface area contributed by atoms with Crippen molar-refractivity contribution in [2.24, 2.45) is 5.92 Å². The van der Waals surface area contributed by atoms with Gasteiger partial charge in [-0.25, -0.2) is 0 Å². The zero-order valence-corrected chi connectivity index (χ0v) is 9.33. The first kappa shape index (κ1) is 10.4. The number of nitrogens with zero attached hydrogens (tertiary/aromatic N) is 1. The predicted octanol–water partition coefficient (Wildman–Crippen LogP) is 0.705. The molecule has 2 saturated heterocycles. The van der Waals surface area contributed by atoms with Gasteiger partial charge in [0.15, 0.2) is 0 Å². The molecule has 2 fully saturated rings. The topological polar surface area (TPSA) is 24.5 Å². The van der Waals surface area contributed by atoms with Crippen molar-refractivity contribution in [3.05, 3.63) is 0 Å². The lowest BCUT2D eigenvalue weighted by atomic mass is 10.0. The third-order valence-corrected chi connectivity index (χ3v) is 3.65. The molecule has 3 heteroatoms. The fourth-order valence-corrected chi connectivity index (χ4v) is 2.70. The van der Waals surface area contributed by atoms with Crippen LogP contribution in [-0.2, 0) is 4.74 Å². The Bertz CT molecular complexity index is 186. The number of ether oxygens (including phenoxy) is 1. The molecule has 2 aliphatic heterocycles. The van der Waals surface area contributed by atoms with Crippen LogP contribution in [0.1, 0.15) is 20.3 Å². The zero-order chi connectivity index (χ0) is 9.97. The number of hydrogen-bond acceptors (Lipinski definition) is 3. The van der Waals surface area contributed by atoms with Crippen molar-refractivity contribution in [3.8, 4) is 0 Å². The third kappa shape index (κ3) is 1.95. The second-order valence-electron chi connectivity index (χ2n) is 4.58. The molecule has 2 rings (SSSR count). The maximum atomic E-state index is 5.54. The molecule has 3 atom stereocenters. The van der Waals surface area contributed by atoms with Gasteiger partial charge in [-0.15, -0.1) is 0 Å². The summed E-state index contributed by atoms with van der Waals surface area (Å²) in [4.78, 5) is 2.66. The molecular formula is C11H22N2O. The molecule has 0 aromatic rings. The van der Waals surface area contributed by atoms with E-state index in [-0.39, 0.29) is 0 Å². The summed E-state index contributed by atoms with van der Waals surface area (Å²) >= 11 is 0. The Kier molecular flexibility index (Phi) is 3.42. The Balaban J connectivity index is 1.99. The molecule has 0 aliphatic carbocycles. The maximum absolute atomic E-state index is 5.54. The van der Waals surface area contributed by atoms with Crippen molar-refractivity contribution < 1.29 is 4.74 Å². The Morgan fingerprint density at radius 1 is 1.43 bits per heavy atom. The van der Waals surface area contributed by atoms with Gasteiger partial charge < -0.3 is 10.1 Å². The van der Waals surface area contributed by atoms with Crippen LogP contribution in [0.15, 0.2) is 0 Å². The minimum absolute atomic E-state index is 0.649. The highest BCUT2D eigenvalue weighted by atomic mass is 16.5. The maximum Gasteiger partial charge on any atom is 0.0622 e. The van der Waals surface area contributed by atoms with Gasteiger partial charge in [0.2, 0.25) is 0 Å². The second kappa shape index (κ2) is 4.60. The summed E-state index contributed by atoms with van der Waals surface area (Å²) < 4.78 is 5.54. The van der Waals surface area contributed by atoms with Crippen molar-refractivity contribution in [2.75, 3.05) is 32.8 Å². The van der Waals surface area contributed by atoms with Crippen LogP contribution < -0.4 is 5.32 Å². The van der Waals surface area contributed by atoms with Crippen molar-refractivity contribution in [2.45, 2.75) is 32.4 Å². The van der Waals surface area contributed by atoms with Crippen molar-refractivity contribution in [3.63, 3.8) is 0 Å². The van der Waals surface area contributed by atoms with Gasteiger partial charge in [-0.05, 0) is 18.9 Å². The zero-order valence-electron chi connectivity index (χ0n) is 9.33. The van der Waals surface area contributed by atoms with Crippen molar-refractivity contribution >= 4 is 0 Å². The molecular weight excluding hydrogens is 176 g/mol. The number of morpholine rings is 1. The van der Waals surface area contributed by atoms with E-state index in [9.17, 15) is 0 Å². The van der Waals surface area contributed by atoms with Gasteiger partial charge in [0.25, 0.3) is 0 Å². The van der Waals surface area contributed by atoms with Crippen LogP contribution in [0.2, 0.25) is 0 Å². The lowest BCUT2D eigenvalue weighted by Crippen LogP contribution is -2.52. The summed E-state index contributed by atoms with van der Waals surface area (Å²) in [5.74, 6) is 0.794. The lowest BCUT2D eigenvalue weighted by molar-refractivity contribution is -0.0330. The van der Waals surface area contributed by atoms with E-state index in [0.29, 0.717) is 6.04 Å². The summed E-state index contributed by atoms with van der Waals surface area (Å²) in [6, 6.07) is 1.39. The standard InChI is InChI=1S/C11H22N2O/c1-3-10-8-14-5-4-13(10)11-7-12-6-9(11)2/h9-12H,3-8H2,1-2H3. The summed E-state index contributed by atoms with van der Waals surface area (Å²) in [5, 5.41) is 3.48. The van der Waals surface area contributed by atoms with Crippen LogP contribution in [0.4, 0.5) is 0 Å². The Labute approximate surface area is 86.8 Å². The van der Waals surface area contributed by atoms with Crippen LogP contribution in [-0.4, -0.2) is 49.8 Å². The minimum Gasteiger partial charge on any atom is -0.378 e. The summed E-state index contributed by atoms with van der Waals surface area (Å²) in [7, 11) is 0. The third-order valence-electron chi connectivity index (χ3n) is 3.65. The molecule has 0 aromatic heterocycles. The van der Waals surface area contributed by atoms with Crippen LogP contribution in [0, 0.1) is 5.92 Å². The van der Waals surface area contributed by atoms with Gasteiger partial charge >= 0.3 is 0 Å². The largest absolute Gasteiger partial charge is 0.378 e. The molecule has 0 bridgehead atoms. The molecule has 3 unspecified atom stereocenters. The van der Waals surface area contributed by atoms with E-state index in [4.69, 9.17) is 4.74 Å². The normalized spacial score (nSPS) is 40.3. The van der Waals surface area contributed by atoms with Gasteiger partial charge in [-0.3, -0.25) is 4.90 Å². The molecule has 0 radical (unpaired) electrons.